The Hall–Kier alpha value is -2.20. The summed E-state index contributed by atoms with van der Waals surface area (Å²) in [5.41, 5.74) is -1.32. The number of nitro groups is 1. The van der Waals surface area contributed by atoms with E-state index < -0.39 is 22.0 Å². The summed E-state index contributed by atoms with van der Waals surface area (Å²) in [5, 5.41) is 22.2. The zero-order chi connectivity index (χ0) is 14.5. The van der Waals surface area contributed by atoms with Crippen molar-refractivity contribution in [1.82, 2.24) is 5.32 Å². The van der Waals surface area contributed by atoms with Crippen molar-refractivity contribution in [3.05, 3.63) is 34.1 Å². The fourth-order valence-corrected chi connectivity index (χ4v) is 1.34. The highest BCUT2D eigenvalue weighted by molar-refractivity contribution is 5.37. The number of nitrogens with one attached hydrogen (secondary N) is 1. The van der Waals surface area contributed by atoms with Gasteiger partial charge in [0.1, 0.15) is 11.3 Å². The first-order valence-electron chi connectivity index (χ1n) is 5.59. The van der Waals surface area contributed by atoms with Crippen LogP contribution in [0.25, 0.3) is 0 Å². The van der Waals surface area contributed by atoms with Gasteiger partial charge in [-0.15, -0.1) is 0 Å². The maximum Gasteiger partial charge on any atom is 0.305 e. The average molecular weight is 267 g/mol. The Balaban J connectivity index is 2.63. The smallest absolute Gasteiger partial charge is 0.305 e. The van der Waals surface area contributed by atoms with Gasteiger partial charge in [0, 0.05) is 18.6 Å². The van der Waals surface area contributed by atoms with Crippen molar-refractivity contribution in [3.8, 4) is 11.8 Å². The average Bonchev–Trinajstić information content (AvgIpc) is 2.38. The lowest BCUT2D eigenvalue weighted by molar-refractivity contribution is -0.387. The molecule has 19 heavy (non-hydrogen) atoms. The van der Waals surface area contributed by atoms with Crippen molar-refractivity contribution >= 4 is 5.69 Å². The number of nitriles is 1. The lowest BCUT2D eigenvalue weighted by Gasteiger charge is -2.20. The molecule has 0 bridgehead atoms. The Labute approximate surface area is 109 Å². The van der Waals surface area contributed by atoms with Gasteiger partial charge in [0.25, 0.3) is 0 Å². The van der Waals surface area contributed by atoms with Crippen LogP contribution in [0, 0.1) is 27.3 Å². The molecule has 102 valence electrons. The lowest BCUT2D eigenvalue weighted by atomic mass is 10.0. The molecular weight excluding hydrogens is 253 g/mol. The van der Waals surface area contributed by atoms with Gasteiger partial charge in [-0.3, -0.25) is 10.1 Å². The molecule has 6 nitrogen and oxygen atoms in total. The molecule has 1 rings (SSSR count). The molecule has 0 aliphatic rings. The van der Waals surface area contributed by atoms with Gasteiger partial charge in [-0.2, -0.15) is 9.65 Å². The summed E-state index contributed by atoms with van der Waals surface area (Å²) in [6, 6.07) is 5.43. The molecule has 1 atom stereocenters. The predicted molar refractivity (Wildman–Crippen MR) is 66.2 cm³/mol. The number of benzene rings is 1. The monoisotopic (exact) mass is 267 g/mol. The van der Waals surface area contributed by atoms with Crippen LogP contribution in [-0.2, 0) is 0 Å². The third-order valence-electron chi connectivity index (χ3n) is 2.79. The minimum absolute atomic E-state index is 0.194. The van der Waals surface area contributed by atoms with Crippen LogP contribution in [0.5, 0.6) is 5.75 Å². The molecule has 0 aliphatic heterocycles. The molecule has 0 saturated heterocycles. The molecule has 0 radical (unpaired) electrons. The van der Waals surface area contributed by atoms with Crippen LogP contribution in [0.4, 0.5) is 10.1 Å². The second-order valence-electron chi connectivity index (χ2n) is 4.16. The number of nitro benzene ring substituents is 1. The summed E-state index contributed by atoms with van der Waals surface area (Å²) in [6.45, 7) is 1.91. The van der Waals surface area contributed by atoms with E-state index >= 15 is 0 Å². The van der Waals surface area contributed by atoms with Crippen LogP contribution >= 0.6 is 0 Å². The Morgan fingerprint density at radius 1 is 1.63 bits per heavy atom. The number of hydrogen-bond donors (Lipinski definition) is 1. The lowest BCUT2D eigenvalue weighted by Crippen LogP contribution is -2.39. The molecule has 0 aliphatic carbocycles. The zero-order valence-electron chi connectivity index (χ0n) is 10.6. The quantitative estimate of drug-likeness (QED) is 0.629. The van der Waals surface area contributed by atoms with E-state index in [1.807, 2.05) is 0 Å². The maximum absolute atomic E-state index is 13.3. The van der Waals surface area contributed by atoms with Crippen LogP contribution in [-0.4, -0.2) is 24.1 Å². The largest absolute Gasteiger partial charge is 0.493 e. The topological polar surface area (TPSA) is 88.2 Å². The van der Waals surface area contributed by atoms with Crippen LogP contribution in [0.1, 0.15) is 13.3 Å². The number of hydrogen-bond acceptors (Lipinski definition) is 5. The van der Waals surface area contributed by atoms with Crippen molar-refractivity contribution in [1.29, 1.82) is 5.26 Å². The van der Waals surface area contributed by atoms with Gasteiger partial charge in [-0.25, -0.2) is 0 Å². The highest BCUT2D eigenvalue weighted by Crippen LogP contribution is 2.22. The van der Waals surface area contributed by atoms with E-state index in [0.717, 1.165) is 12.1 Å². The van der Waals surface area contributed by atoms with E-state index in [-0.39, 0.29) is 12.4 Å². The Bertz CT molecular complexity index is 515. The molecule has 0 aromatic heterocycles. The molecule has 0 heterocycles. The van der Waals surface area contributed by atoms with E-state index in [1.165, 1.54) is 6.07 Å². The standard InChI is InChI=1S/C12H14FN3O3/c1-12(8-14,15-2)5-6-19-9-3-4-11(16(17)18)10(13)7-9/h3-4,7,15H,5-6H2,1-2H3. The predicted octanol–water partition coefficient (Wildman–Crippen LogP) is 2.00. The van der Waals surface area contributed by atoms with E-state index in [9.17, 15) is 14.5 Å². The highest BCUT2D eigenvalue weighted by Gasteiger charge is 2.21. The van der Waals surface area contributed by atoms with Crippen molar-refractivity contribution in [3.63, 3.8) is 0 Å². The van der Waals surface area contributed by atoms with Crippen LogP contribution in [0.15, 0.2) is 18.2 Å². The molecule has 1 unspecified atom stereocenters. The molecule has 1 aromatic carbocycles. The summed E-state index contributed by atoms with van der Waals surface area (Å²) in [4.78, 5) is 9.64. The Morgan fingerprint density at radius 2 is 2.32 bits per heavy atom. The summed E-state index contributed by atoms with van der Waals surface area (Å²) in [5.74, 6) is -0.751. The van der Waals surface area contributed by atoms with Gasteiger partial charge in [0.05, 0.1) is 17.6 Å². The molecule has 0 amide bonds. The first kappa shape index (κ1) is 14.9. The van der Waals surface area contributed by atoms with Crippen LogP contribution in [0.2, 0.25) is 0 Å². The molecule has 0 fully saturated rings. The third kappa shape index (κ3) is 3.89. The minimum Gasteiger partial charge on any atom is -0.493 e. The molecule has 7 heteroatoms. The molecule has 1 aromatic rings. The summed E-state index contributed by atoms with van der Waals surface area (Å²) >= 11 is 0. The van der Waals surface area contributed by atoms with Crippen LogP contribution in [0.3, 0.4) is 0 Å². The summed E-state index contributed by atoms with van der Waals surface area (Å²) < 4.78 is 18.6. The van der Waals surface area contributed by atoms with Crippen molar-refractivity contribution in [2.75, 3.05) is 13.7 Å². The number of rotatable bonds is 6. The summed E-state index contributed by atoms with van der Waals surface area (Å²) in [7, 11) is 1.66. The second-order valence-corrected chi connectivity index (χ2v) is 4.16. The summed E-state index contributed by atoms with van der Waals surface area (Å²) in [6.07, 6.45) is 0.401. The van der Waals surface area contributed by atoms with E-state index in [1.54, 1.807) is 14.0 Å². The van der Waals surface area contributed by atoms with E-state index in [4.69, 9.17) is 10.00 Å². The van der Waals surface area contributed by atoms with Gasteiger partial charge >= 0.3 is 5.69 Å². The van der Waals surface area contributed by atoms with E-state index in [2.05, 4.69) is 11.4 Å². The van der Waals surface area contributed by atoms with Gasteiger partial charge in [-0.05, 0) is 20.0 Å². The normalized spacial score (nSPS) is 13.4. The zero-order valence-corrected chi connectivity index (χ0v) is 10.6. The van der Waals surface area contributed by atoms with E-state index in [0.29, 0.717) is 6.42 Å². The number of nitrogens with zero attached hydrogens (tertiary/aromatic N) is 2. The number of ether oxygens (including phenoxy) is 1. The molecule has 0 saturated carbocycles. The minimum atomic E-state index is -0.945. The van der Waals surface area contributed by atoms with Crippen molar-refractivity contribution < 1.29 is 14.1 Å². The first-order chi connectivity index (χ1) is 8.91. The van der Waals surface area contributed by atoms with Gasteiger partial charge in [0.15, 0.2) is 0 Å². The van der Waals surface area contributed by atoms with Crippen LogP contribution < -0.4 is 10.1 Å². The second kappa shape index (κ2) is 6.11. The maximum atomic E-state index is 13.3. The molecular formula is C12H14FN3O3. The highest BCUT2D eigenvalue weighted by atomic mass is 19.1. The van der Waals surface area contributed by atoms with Gasteiger partial charge in [0.2, 0.25) is 5.82 Å². The third-order valence-corrected chi connectivity index (χ3v) is 2.79. The Kier molecular flexibility index (Phi) is 4.78. The first-order valence-corrected chi connectivity index (χ1v) is 5.59. The van der Waals surface area contributed by atoms with Crippen molar-refractivity contribution in [2.24, 2.45) is 0 Å². The Morgan fingerprint density at radius 3 is 2.79 bits per heavy atom. The van der Waals surface area contributed by atoms with Gasteiger partial charge in [-0.1, -0.05) is 0 Å². The fraction of sp³-hybridized carbons (Fsp3) is 0.417. The SMILES string of the molecule is CNC(C)(C#N)CCOc1ccc([N+](=O)[O-])c(F)c1. The molecule has 1 N–H and O–H groups in total. The molecule has 0 spiro atoms. The van der Waals surface area contributed by atoms with Gasteiger partial charge < -0.3 is 10.1 Å². The number of halogens is 1. The fourth-order valence-electron chi connectivity index (χ4n) is 1.34. The van der Waals surface area contributed by atoms with Crippen molar-refractivity contribution in [2.45, 2.75) is 18.9 Å².